The highest BCUT2D eigenvalue weighted by molar-refractivity contribution is 9.09. The Hall–Kier alpha value is -1.36. The molecule has 20 heavy (non-hydrogen) atoms. The van der Waals surface area contributed by atoms with Gasteiger partial charge in [-0.1, -0.05) is 47.1 Å². The van der Waals surface area contributed by atoms with E-state index in [9.17, 15) is 4.79 Å². The van der Waals surface area contributed by atoms with Gasteiger partial charge in [0.25, 0.3) is 0 Å². The molecule has 108 valence electrons. The topological polar surface area (TPSA) is 55.1 Å². The Morgan fingerprint density at radius 1 is 1.40 bits per heavy atom. The molecule has 0 aliphatic heterocycles. The lowest BCUT2D eigenvalue weighted by Crippen LogP contribution is -2.35. The number of nitrogens with zero attached hydrogens (tertiary/aromatic N) is 1. The van der Waals surface area contributed by atoms with Gasteiger partial charge in [0.05, 0.1) is 6.42 Å². The largest absolute Gasteiger partial charge is 0.356 e. The summed E-state index contributed by atoms with van der Waals surface area (Å²) >= 11 is 3.43. The van der Waals surface area contributed by atoms with Crippen molar-refractivity contribution >= 4 is 32.8 Å². The minimum Gasteiger partial charge on any atom is -0.356 e. The van der Waals surface area contributed by atoms with Gasteiger partial charge >= 0.3 is 0 Å². The first-order valence-corrected chi connectivity index (χ1v) is 7.80. The predicted octanol–water partition coefficient (Wildman–Crippen LogP) is 3.30. The van der Waals surface area contributed by atoms with Gasteiger partial charge in [-0.25, -0.2) is 0 Å². The Morgan fingerprint density at radius 3 is 2.90 bits per heavy atom. The number of fused-ring (bicyclic) bond motifs is 1. The fraction of sp³-hybridized carbons (Fsp3) is 0.467. The van der Waals surface area contributed by atoms with E-state index >= 15 is 0 Å². The van der Waals surface area contributed by atoms with Crippen molar-refractivity contribution < 1.29 is 9.32 Å². The van der Waals surface area contributed by atoms with Gasteiger partial charge in [-0.15, -0.1) is 0 Å². The number of benzene rings is 1. The summed E-state index contributed by atoms with van der Waals surface area (Å²) in [4.78, 5) is 12.0. The van der Waals surface area contributed by atoms with Gasteiger partial charge in [0, 0.05) is 17.3 Å². The second-order valence-corrected chi connectivity index (χ2v) is 6.48. The first-order chi connectivity index (χ1) is 9.52. The molecular weight excluding hydrogens is 320 g/mol. The molecule has 0 atom stereocenters. The average molecular weight is 339 g/mol. The van der Waals surface area contributed by atoms with Crippen molar-refractivity contribution in [3.05, 3.63) is 30.0 Å². The van der Waals surface area contributed by atoms with E-state index in [2.05, 4.69) is 40.3 Å². The maximum Gasteiger partial charge on any atom is 0.226 e. The molecule has 0 saturated carbocycles. The van der Waals surface area contributed by atoms with Crippen LogP contribution in [0.3, 0.4) is 0 Å². The molecule has 0 bridgehead atoms. The van der Waals surface area contributed by atoms with Crippen LogP contribution in [0.4, 0.5) is 0 Å². The second kappa shape index (κ2) is 6.39. The zero-order valence-electron chi connectivity index (χ0n) is 11.8. The van der Waals surface area contributed by atoms with Crippen LogP contribution in [0, 0.1) is 5.41 Å². The molecule has 1 aromatic carbocycles. The third-order valence-electron chi connectivity index (χ3n) is 3.32. The van der Waals surface area contributed by atoms with Crippen LogP contribution < -0.4 is 5.32 Å². The number of carbonyl (C=O) groups is 1. The molecule has 1 amide bonds. The molecule has 5 heteroatoms. The second-order valence-electron chi connectivity index (χ2n) is 5.68. The van der Waals surface area contributed by atoms with E-state index in [1.54, 1.807) is 0 Å². The summed E-state index contributed by atoms with van der Waals surface area (Å²) < 4.78 is 5.20. The monoisotopic (exact) mass is 338 g/mol. The highest BCUT2D eigenvalue weighted by Gasteiger charge is 2.19. The lowest BCUT2D eigenvalue weighted by Gasteiger charge is -2.23. The molecule has 1 heterocycles. The van der Waals surface area contributed by atoms with Crippen molar-refractivity contribution in [2.24, 2.45) is 5.41 Å². The van der Waals surface area contributed by atoms with Crippen molar-refractivity contribution in [1.82, 2.24) is 10.5 Å². The summed E-state index contributed by atoms with van der Waals surface area (Å²) in [6.07, 6.45) is 1.27. The minimum absolute atomic E-state index is 0.0216. The summed E-state index contributed by atoms with van der Waals surface area (Å²) in [7, 11) is 0. The van der Waals surface area contributed by atoms with Crippen molar-refractivity contribution in [2.45, 2.75) is 26.7 Å². The van der Waals surface area contributed by atoms with Gasteiger partial charge in [0.15, 0.2) is 5.58 Å². The van der Waals surface area contributed by atoms with Gasteiger partial charge < -0.3 is 9.84 Å². The quantitative estimate of drug-likeness (QED) is 0.822. The molecule has 0 fully saturated rings. The van der Waals surface area contributed by atoms with Crippen molar-refractivity contribution in [3.8, 4) is 0 Å². The molecule has 0 aliphatic rings. The third-order valence-corrected chi connectivity index (χ3v) is 3.71. The van der Waals surface area contributed by atoms with E-state index in [1.807, 2.05) is 24.3 Å². The van der Waals surface area contributed by atoms with Crippen LogP contribution in [0.5, 0.6) is 0 Å². The van der Waals surface area contributed by atoms with Gasteiger partial charge in [0.2, 0.25) is 5.91 Å². The molecule has 4 nitrogen and oxygen atoms in total. The van der Waals surface area contributed by atoms with Crippen molar-refractivity contribution in [2.75, 3.05) is 11.9 Å². The van der Waals surface area contributed by atoms with Gasteiger partial charge in [-0.3, -0.25) is 4.79 Å². The Kier molecular flexibility index (Phi) is 4.81. The summed E-state index contributed by atoms with van der Waals surface area (Å²) in [5.74, 6) is -0.0216. The number of hydrogen-bond acceptors (Lipinski definition) is 3. The Bertz CT molecular complexity index is 592. The van der Waals surface area contributed by atoms with Gasteiger partial charge in [-0.05, 0) is 24.0 Å². The van der Waals surface area contributed by atoms with Crippen LogP contribution in [0.25, 0.3) is 11.0 Å². The smallest absolute Gasteiger partial charge is 0.226 e. The van der Waals surface area contributed by atoms with Crippen LogP contribution >= 0.6 is 15.9 Å². The fourth-order valence-corrected chi connectivity index (χ4v) is 3.04. The number of rotatable bonds is 6. The van der Waals surface area contributed by atoms with E-state index in [4.69, 9.17) is 4.52 Å². The SMILES string of the molecule is CC(C)(CCBr)CNC(=O)Cc1noc2ccccc12. The highest BCUT2D eigenvalue weighted by Crippen LogP contribution is 2.21. The van der Waals surface area contributed by atoms with Crippen LogP contribution in [0.1, 0.15) is 26.0 Å². The van der Waals surface area contributed by atoms with Crippen LogP contribution in [-0.4, -0.2) is 22.9 Å². The molecule has 2 rings (SSSR count). The van der Waals surface area contributed by atoms with E-state index in [0.717, 1.165) is 22.7 Å². The first kappa shape index (κ1) is 15.0. The molecule has 0 radical (unpaired) electrons. The molecule has 2 aromatic rings. The van der Waals surface area contributed by atoms with Crippen LogP contribution in [0.2, 0.25) is 0 Å². The molecule has 1 N–H and O–H groups in total. The number of amides is 1. The van der Waals surface area contributed by atoms with E-state index < -0.39 is 0 Å². The predicted molar refractivity (Wildman–Crippen MR) is 82.9 cm³/mol. The maximum atomic E-state index is 12.0. The molecule has 0 unspecified atom stereocenters. The molecule has 0 aliphatic carbocycles. The van der Waals surface area contributed by atoms with Crippen molar-refractivity contribution in [1.29, 1.82) is 0 Å². The lowest BCUT2D eigenvalue weighted by atomic mass is 9.90. The Balaban J connectivity index is 1.95. The Morgan fingerprint density at radius 2 is 2.15 bits per heavy atom. The number of para-hydroxylation sites is 1. The van der Waals surface area contributed by atoms with Crippen LogP contribution in [-0.2, 0) is 11.2 Å². The fourth-order valence-electron chi connectivity index (χ4n) is 1.96. The summed E-state index contributed by atoms with van der Waals surface area (Å²) in [5.41, 5.74) is 1.50. The highest BCUT2D eigenvalue weighted by atomic mass is 79.9. The number of nitrogens with one attached hydrogen (secondary N) is 1. The number of halogens is 1. The minimum atomic E-state index is -0.0216. The maximum absolute atomic E-state index is 12.0. The number of hydrogen-bond donors (Lipinski definition) is 1. The number of alkyl halides is 1. The van der Waals surface area contributed by atoms with Crippen LogP contribution in [0.15, 0.2) is 28.8 Å². The molecule has 1 aromatic heterocycles. The molecular formula is C15H19BrN2O2. The zero-order chi connectivity index (χ0) is 14.6. The van der Waals surface area contributed by atoms with E-state index in [0.29, 0.717) is 12.2 Å². The first-order valence-electron chi connectivity index (χ1n) is 6.68. The summed E-state index contributed by atoms with van der Waals surface area (Å²) in [6.45, 7) is 4.94. The number of carbonyl (C=O) groups excluding carboxylic acids is 1. The van der Waals surface area contributed by atoms with Gasteiger partial charge in [0.1, 0.15) is 5.69 Å². The van der Waals surface area contributed by atoms with E-state index in [-0.39, 0.29) is 17.7 Å². The van der Waals surface area contributed by atoms with E-state index in [1.165, 1.54) is 0 Å². The molecule has 0 spiro atoms. The average Bonchev–Trinajstić information content (AvgIpc) is 2.80. The Labute approximate surface area is 127 Å². The molecule has 0 saturated heterocycles. The zero-order valence-corrected chi connectivity index (χ0v) is 13.4. The van der Waals surface area contributed by atoms with Crippen molar-refractivity contribution in [3.63, 3.8) is 0 Å². The number of aromatic nitrogens is 1. The normalized spacial score (nSPS) is 11.8. The van der Waals surface area contributed by atoms with Gasteiger partial charge in [-0.2, -0.15) is 0 Å². The summed E-state index contributed by atoms with van der Waals surface area (Å²) in [5, 5.41) is 8.78. The third kappa shape index (κ3) is 3.82. The lowest BCUT2D eigenvalue weighted by molar-refractivity contribution is -0.120. The standard InChI is InChI=1S/C15H19BrN2O2/c1-15(2,7-8-16)10-17-14(19)9-12-11-5-3-4-6-13(11)20-18-12/h3-6H,7-10H2,1-2H3,(H,17,19). The summed E-state index contributed by atoms with van der Waals surface area (Å²) in [6, 6.07) is 7.58.